The van der Waals surface area contributed by atoms with Crippen LogP contribution in [0, 0.1) is 0 Å². The van der Waals surface area contributed by atoms with Crippen molar-refractivity contribution in [3.05, 3.63) is 83.6 Å². The largest absolute Gasteiger partial charge is 0.378 e. The summed E-state index contributed by atoms with van der Waals surface area (Å²) >= 11 is 0. The van der Waals surface area contributed by atoms with Crippen LogP contribution in [0.15, 0.2) is 72.4 Å². The molecule has 1 heterocycles. The Bertz CT molecular complexity index is 732. The summed E-state index contributed by atoms with van der Waals surface area (Å²) in [5, 5.41) is 0. The summed E-state index contributed by atoms with van der Waals surface area (Å²) in [5.41, 5.74) is 1.58. The van der Waals surface area contributed by atoms with Gasteiger partial charge >= 0.3 is 0 Å². The summed E-state index contributed by atoms with van der Waals surface area (Å²) in [4.78, 5) is 27.4. The molecule has 0 aliphatic carbocycles. The lowest BCUT2D eigenvalue weighted by molar-refractivity contribution is 0.0504. The van der Waals surface area contributed by atoms with Gasteiger partial charge in [-0.2, -0.15) is 0 Å². The van der Waals surface area contributed by atoms with Crippen molar-refractivity contribution in [2.24, 2.45) is 0 Å². The molecule has 0 N–H and O–H groups in total. The first kappa shape index (κ1) is 16.1. The number of ketones is 2. The molecule has 0 atom stereocenters. The van der Waals surface area contributed by atoms with Gasteiger partial charge in [0.15, 0.2) is 5.78 Å². The van der Waals surface area contributed by atoms with E-state index < -0.39 is 0 Å². The second kappa shape index (κ2) is 7.70. The number of carbonyl (C=O) groups is 2. The van der Waals surface area contributed by atoms with Gasteiger partial charge in [-0.3, -0.25) is 9.59 Å². The van der Waals surface area contributed by atoms with E-state index in [9.17, 15) is 9.59 Å². The van der Waals surface area contributed by atoms with Crippen LogP contribution in [-0.4, -0.2) is 42.8 Å². The van der Waals surface area contributed by atoms with E-state index in [2.05, 4.69) is 0 Å². The molecule has 3 rings (SSSR count). The Kier molecular flexibility index (Phi) is 5.18. The molecular weight excluding hydrogens is 302 g/mol. The first-order chi connectivity index (χ1) is 11.8. The van der Waals surface area contributed by atoms with Crippen molar-refractivity contribution in [1.29, 1.82) is 0 Å². The average molecular weight is 321 g/mol. The summed E-state index contributed by atoms with van der Waals surface area (Å²) in [6.45, 7) is 2.32. The Hall–Kier alpha value is -2.72. The normalized spacial score (nSPS) is 15.2. The highest BCUT2D eigenvalue weighted by molar-refractivity contribution is 6.14. The van der Waals surface area contributed by atoms with Gasteiger partial charge in [0.2, 0.25) is 5.78 Å². The van der Waals surface area contributed by atoms with Crippen LogP contribution in [0.1, 0.15) is 20.7 Å². The molecule has 1 fully saturated rings. The average Bonchev–Trinajstić information content (AvgIpc) is 2.67. The van der Waals surface area contributed by atoms with Crippen LogP contribution >= 0.6 is 0 Å². The third-order valence-electron chi connectivity index (χ3n) is 3.95. The molecule has 1 saturated heterocycles. The summed E-state index contributed by atoms with van der Waals surface area (Å²) in [6, 6.07) is 18.0. The number of carbonyl (C=O) groups excluding carboxylic acids is 2. The Balaban J connectivity index is 1.94. The number of ether oxygens (including phenoxy) is 1. The van der Waals surface area contributed by atoms with Gasteiger partial charge in [0.05, 0.1) is 18.9 Å². The van der Waals surface area contributed by atoms with Crippen molar-refractivity contribution in [2.45, 2.75) is 0 Å². The fraction of sp³-hybridized carbons (Fsp3) is 0.200. The predicted molar refractivity (Wildman–Crippen MR) is 92.0 cm³/mol. The van der Waals surface area contributed by atoms with Gasteiger partial charge in [-0.1, -0.05) is 60.7 Å². The summed E-state index contributed by atoms with van der Waals surface area (Å²) < 4.78 is 5.36. The van der Waals surface area contributed by atoms with Gasteiger partial charge < -0.3 is 9.64 Å². The third-order valence-corrected chi connectivity index (χ3v) is 3.95. The van der Waals surface area contributed by atoms with E-state index in [1.54, 1.807) is 24.3 Å². The molecule has 0 unspecified atom stereocenters. The first-order valence-corrected chi connectivity index (χ1v) is 7.99. The molecule has 122 valence electrons. The number of hydrogen-bond donors (Lipinski definition) is 0. The minimum Gasteiger partial charge on any atom is -0.378 e. The van der Waals surface area contributed by atoms with Crippen molar-refractivity contribution >= 4 is 11.6 Å². The number of hydrogen-bond acceptors (Lipinski definition) is 4. The van der Waals surface area contributed by atoms with E-state index in [-0.39, 0.29) is 11.6 Å². The van der Waals surface area contributed by atoms with Gasteiger partial charge in [-0.25, -0.2) is 0 Å². The smallest absolute Gasteiger partial charge is 0.209 e. The van der Waals surface area contributed by atoms with Crippen LogP contribution in [0.2, 0.25) is 0 Å². The molecule has 2 aromatic rings. The summed E-state index contributed by atoms with van der Waals surface area (Å²) in [6.07, 6.45) is 1.45. The number of rotatable bonds is 5. The van der Waals surface area contributed by atoms with Crippen LogP contribution in [0.4, 0.5) is 0 Å². The number of allylic oxidation sites excluding steroid dienone is 2. The number of Topliss-reactive ketones (excluding diaryl/α,β-unsaturated/α-hetero) is 1. The van der Waals surface area contributed by atoms with E-state index in [0.29, 0.717) is 43.1 Å². The minimum atomic E-state index is -0.165. The summed E-state index contributed by atoms with van der Waals surface area (Å²) in [7, 11) is 0. The highest BCUT2D eigenvalue weighted by Gasteiger charge is 2.22. The molecule has 0 saturated carbocycles. The van der Waals surface area contributed by atoms with Crippen molar-refractivity contribution < 1.29 is 14.3 Å². The van der Waals surface area contributed by atoms with Gasteiger partial charge in [0, 0.05) is 30.3 Å². The topological polar surface area (TPSA) is 46.6 Å². The molecule has 0 radical (unpaired) electrons. The van der Waals surface area contributed by atoms with Gasteiger partial charge in [0.25, 0.3) is 0 Å². The van der Waals surface area contributed by atoms with E-state index in [1.807, 2.05) is 41.3 Å². The molecule has 0 aromatic heterocycles. The van der Waals surface area contributed by atoms with Crippen molar-refractivity contribution in [2.75, 3.05) is 26.3 Å². The van der Waals surface area contributed by atoms with Crippen LogP contribution < -0.4 is 0 Å². The Morgan fingerprint density at radius 3 is 1.96 bits per heavy atom. The van der Waals surface area contributed by atoms with Crippen molar-refractivity contribution in [3.8, 4) is 0 Å². The van der Waals surface area contributed by atoms with Crippen LogP contribution in [0.3, 0.4) is 0 Å². The molecular formula is C20H19NO3. The van der Waals surface area contributed by atoms with E-state index in [1.165, 1.54) is 6.08 Å². The van der Waals surface area contributed by atoms with Gasteiger partial charge in [-0.15, -0.1) is 0 Å². The maximum absolute atomic E-state index is 12.9. The van der Waals surface area contributed by atoms with E-state index in [0.717, 1.165) is 0 Å². The maximum Gasteiger partial charge on any atom is 0.209 e. The second-order valence-corrected chi connectivity index (χ2v) is 5.55. The van der Waals surface area contributed by atoms with Crippen LogP contribution in [0.5, 0.6) is 0 Å². The molecule has 4 heteroatoms. The Labute approximate surface area is 141 Å². The van der Waals surface area contributed by atoms with Crippen LogP contribution in [0.25, 0.3) is 0 Å². The lowest BCUT2D eigenvalue weighted by Crippen LogP contribution is -2.38. The van der Waals surface area contributed by atoms with Crippen LogP contribution in [-0.2, 0) is 4.74 Å². The lowest BCUT2D eigenvalue weighted by Gasteiger charge is -2.30. The zero-order chi connectivity index (χ0) is 16.8. The molecule has 1 aliphatic rings. The molecule has 24 heavy (non-hydrogen) atoms. The number of nitrogens with zero attached hydrogens (tertiary/aromatic N) is 1. The minimum absolute atomic E-state index is 0.137. The molecule has 0 amide bonds. The monoisotopic (exact) mass is 321 g/mol. The van der Waals surface area contributed by atoms with Gasteiger partial charge in [0.1, 0.15) is 0 Å². The SMILES string of the molecule is O=C(/C=C(\C(=O)c1ccccc1)N1CCOCC1)c1ccccc1. The predicted octanol–water partition coefficient (Wildman–Crippen LogP) is 2.97. The first-order valence-electron chi connectivity index (χ1n) is 7.99. The zero-order valence-corrected chi connectivity index (χ0v) is 13.4. The zero-order valence-electron chi connectivity index (χ0n) is 13.4. The van der Waals surface area contributed by atoms with Crippen molar-refractivity contribution in [3.63, 3.8) is 0 Å². The van der Waals surface area contributed by atoms with E-state index in [4.69, 9.17) is 4.74 Å². The van der Waals surface area contributed by atoms with Gasteiger partial charge in [-0.05, 0) is 0 Å². The molecule has 0 bridgehead atoms. The molecule has 4 nitrogen and oxygen atoms in total. The Morgan fingerprint density at radius 1 is 0.833 bits per heavy atom. The second-order valence-electron chi connectivity index (χ2n) is 5.55. The number of benzene rings is 2. The Morgan fingerprint density at radius 2 is 1.38 bits per heavy atom. The number of morpholine rings is 1. The molecule has 0 spiro atoms. The highest BCUT2D eigenvalue weighted by Crippen LogP contribution is 2.16. The third kappa shape index (κ3) is 3.78. The van der Waals surface area contributed by atoms with E-state index >= 15 is 0 Å². The fourth-order valence-corrected chi connectivity index (χ4v) is 2.65. The quantitative estimate of drug-likeness (QED) is 0.627. The standard InChI is InChI=1S/C20H19NO3/c22-19(16-7-3-1-4-8-16)15-18(21-11-13-24-14-12-21)20(23)17-9-5-2-6-10-17/h1-10,15H,11-14H2/b18-15+. The maximum atomic E-state index is 12.9. The fourth-order valence-electron chi connectivity index (χ4n) is 2.65. The highest BCUT2D eigenvalue weighted by atomic mass is 16.5. The molecule has 1 aliphatic heterocycles. The van der Waals surface area contributed by atoms with Crippen molar-refractivity contribution in [1.82, 2.24) is 4.90 Å². The summed E-state index contributed by atoms with van der Waals surface area (Å²) in [5.74, 6) is -0.303. The lowest BCUT2D eigenvalue weighted by atomic mass is 10.0. The molecule has 2 aromatic carbocycles.